The average Bonchev–Trinajstić information content (AvgIpc) is 2.20. The van der Waals surface area contributed by atoms with Crippen LogP contribution in [0.4, 0.5) is 4.79 Å². The van der Waals surface area contributed by atoms with Crippen LogP contribution >= 0.6 is 0 Å². The maximum atomic E-state index is 11.6. The van der Waals surface area contributed by atoms with Crippen LogP contribution < -0.4 is 10.6 Å². The zero-order chi connectivity index (χ0) is 13.5. The van der Waals surface area contributed by atoms with E-state index in [1.807, 2.05) is 0 Å². The first-order valence-electron chi connectivity index (χ1n) is 5.30. The number of nitrogens with one attached hydrogen (secondary N) is 2. The molecule has 0 heterocycles. The Morgan fingerprint density at radius 3 is 2.35 bits per heavy atom. The molecule has 0 unspecified atom stereocenters. The highest BCUT2D eigenvalue weighted by atomic mass is 16.6. The molecule has 0 aromatic carbocycles. The number of ketones is 1. The maximum Gasteiger partial charge on any atom is 0.408 e. The lowest BCUT2D eigenvalue weighted by Crippen LogP contribution is -2.37. The Bertz CT molecular complexity index is 327. The second-order valence-corrected chi connectivity index (χ2v) is 4.34. The fourth-order valence-electron chi connectivity index (χ4n) is 0.995. The van der Waals surface area contributed by atoms with Gasteiger partial charge in [-0.3, -0.25) is 4.79 Å². The predicted molar refractivity (Wildman–Crippen MR) is 66.6 cm³/mol. The van der Waals surface area contributed by atoms with Gasteiger partial charge in [-0.15, -0.1) is 0 Å². The highest BCUT2D eigenvalue weighted by molar-refractivity contribution is 5.97. The number of carbonyl (C=O) groups excluding carboxylic acids is 2. The van der Waals surface area contributed by atoms with Crippen LogP contribution in [-0.2, 0) is 9.53 Å². The largest absolute Gasteiger partial charge is 0.444 e. The van der Waals surface area contributed by atoms with Gasteiger partial charge in [0.15, 0.2) is 5.78 Å². The molecule has 5 nitrogen and oxygen atoms in total. The average molecular weight is 240 g/mol. The normalized spacial score (nSPS) is 11.6. The first-order valence-corrected chi connectivity index (χ1v) is 5.30. The van der Waals surface area contributed by atoms with Crippen molar-refractivity contribution in [1.29, 1.82) is 0 Å². The molecule has 0 aromatic rings. The van der Waals surface area contributed by atoms with Crippen molar-refractivity contribution in [3.8, 4) is 0 Å². The summed E-state index contributed by atoms with van der Waals surface area (Å²) in [5, 5.41) is 5.11. The summed E-state index contributed by atoms with van der Waals surface area (Å²) >= 11 is 0. The zero-order valence-electron chi connectivity index (χ0n) is 10.8. The van der Waals surface area contributed by atoms with E-state index in [2.05, 4.69) is 17.2 Å². The Balaban J connectivity index is 4.21. The molecule has 0 aromatic heterocycles. The third-order valence-electron chi connectivity index (χ3n) is 1.65. The quantitative estimate of drug-likeness (QED) is 0.562. The van der Waals surface area contributed by atoms with Crippen molar-refractivity contribution >= 4 is 11.9 Å². The minimum atomic E-state index is -0.611. The summed E-state index contributed by atoms with van der Waals surface area (Å²) in [6.07, 6.45) is 2.43. The molecule has 0 aliphatic rings. The molecule has 0 aliphatic heterocycles. The Kier molecular flexibility index (Phi) is 6.02. The van der Waals surface area contributed by atoms with Gasteiger partial charge in [0.25, 0.3) is 0 Å². The first-order chi connectivity index (χ1) is 7.80. The lowest BCUT2D eigenvalue weighted by Gasteiger charge is -2.19. The van der Waals surface area contributed by atoms with Gasteiger partial charge < -0.3 is 15.4 Å². The highest BCUT2D eigenvalue weighted by Gasteiger charge is 2.17. The number of carbonyl (C=O) groups is 2. The number of amides is 1. The molecule has 96 valence electrons. The summed E-state index contributed by atoms with van der Waals surface area (Å²) in [4.78, 5) is 22.9. The van der Waals surface area contributed by atoms with E-state index in [9.17, 15) is 9.59 Å². The lowest BCUT2D eigenvalue weighted by atomic mass is 10.2. The van der Waals surface area contributed by atoms with E-state index < -0.39 is 11.7 Å². The van der Waals surface area contributed by atoms with Gasteiger partial charge in [0.05, 0.1) is 12.2 Å². The Hall–Kier alpha value is -1.78. The summed E-state index contributed by atoms with van der Waals surface area (Å²) in [6.45, 7) is 8.64. The maximum absolute atomic E-state index is 11.6. The van der Waals surface area contributed by atoms with Crippen molar-refractivity contribution < 1.29 is 14.3 Å². The summed E-state index contributed by atoms with van der Waals surface area (Å²) in [6, 6.07) is 0. The number of alkyl carbamates (subject to hydrolysis) is 1. The summed E-state index contributed by atoms with van der Waals surface area (Å²) in [7, 11) is 1.63. The second-order valence-electron chi connectivity index (χ2n) is 4.34. The Morgan fingerprint density at radius 2 is 1.94 bits per heavy atom. The number of Topliss-reactive ketones (excluding diaryl/α,β-unsaturated/α-hetero) is 1. The lowest BCUT2D eigenvalue weighted by molar-refractivity contribution is -0.115. The van der Waals surface area contributed by atoms with Crippen molar-refractivity contribution in [2.75, 3.05) is 13.6 Å². The fourth-order valence-corrected chi connectivity index (χ4v) is 0.995. The molecule has 0 fully saturated rings. The topological polar surface area (TPSA) is 67.4 Å². The van der Waals surface area contributed by atoms with Crippen molar-refractivity contribution in [1.82, 2.24) is 10.6 Å². The third kappa shape index (κ3) is 7.16. The van der Waals surface area contributed by atoms with Crippen molar-refractivity contribution in [2.45, 2.75) is 26.4 Å². The Labute approximate surface area is 102 Å². The molecule has 0 radical (unpaired) electrons. The monoisotopic (exact) mass is 240 g/mol. The minimum absolute atomic E-state index is 0.116. The number of ether oxygens (including phenoxy) is 1. The molecule has 2 N–H and O–H groups in total. The number of rotatable bonds is 5. The van der Waals surface area contributed by atoms with E-state index in [-0.39, 0.29) is 12.3 Å². The number of allylic oxidation sites excluding steroid dienone is 2. The summed E-state index contributed by atoms with van der Waals surface area (Å²) in [5.41, 5.74) is -0.188. The number of hydrogen-bond donors (Lipinski definition) is 2. The van der Waals surface area contributed by atoms with Gasteiger partial charge >= 0.3 is 6.09 Å². The van der Waals surface area contributed by atoms with E-state index in [0.29, 0.717) is 5.70 Å². The van der Waals surface area contributed by atoms with E-state index >= 15 is 0 Å². The van der Waals surface area contributed by atoms with E-state index in [4.69, 9.17) is 4.74 Å². The molecule has 1 amide bonds. The summed E-state index contributed by atoms with van der Waals surface area (Å²) < 4.78 is 5.00. The van der Waals surface area contributed by atoms with Crippen LogP contribution in [-0.4, -0.2) is 31.1 Å². The first kappa shape index (κ1) is 15.2. The molecule has 0 bridgehead atoms. The van der Waals surface area contributed by atoms with Gasteiger partial charge in [0.2, 0.25) is 0 Å². The van der Waals surface area contributed by atoms with Crippen LogP contribution in [0.2, 0.25) is 0 Å². The molecule has 0 atom stereocenters. The van der Waals surface area contributed by atoms with Crippen LogP contribution in [0, 0.1) is 0 Å². The zero-order valence-corrected chi connectivity index (χ0v) is 10.8. The molecule has 17 heavy (non-hydrogen) atoms. The molecule has 0 aliphatic carbocycles. The molecule has 0 saturated carbocycles. The highest BCUT2D eigenvalue weighted by Crippen LogP contribution is 2.06. The third-order valence-corrected chi connectivity index (χ3v) is 1.65. The molecule has 0 rings (SSSR count). The van der Waals surface area contributed by atoms with Gasteiger partial charge in [0, 0.05) is 7.05 Å². The van der Waals surface area contributed by atoms with Gasteiger partial charge in [-0.2, -0.15) is 0 Å². The van der Waals surface area contributed by atoms with E-state index in [0.717, 1.165) is 0 Å². The number of hydrogen-bond acceptors (Lipinski definition) is 4. The van der Waals surface area contributed by atoms with Crippen LogP contribution in [0.15, 0.2) is 24.4 Å². The van der Waals surface area contributed by atoms with Crippen LogP contribution in [0.1, 0.15) is 20.8 Å². The van der Waals surface area contributed by atoms with Gasteiger partial charge in [-0.1, -0.05) is 12.7 Å². The van der Waals surface area contributed by atoms with Gasteiger partial charge in [-0.25, -0.2) is 4.79 Å². The minimum Gasteiger partial charge on any atom is -0.444 e. The van der Waals surface area contributed by atoms with E-state index in [1.54, 1.807) is 33.9 Å². The molecular formula is C12H20N2O3. The smallest absolute Gasteiger partial charge is 0.408 e. The summed E-state index contributed by atoms with van der Waals surface area (Å²) in [5.74, 6) is -0.238. The van der Waals surface area contributed by atoms with Crippen LogP contribution in [0.25, 0.3) is 0 Å². The fraction of sp³-hybridized carbons (Fsp3) is 0.500. The molecule has 0 spiro atoms. The molecule has 0 saturated heterocycles. The second kappa shape index (κ2) is 6.73. The van der Waals surface area contributed by atoms with Crippen molar-refractivity contribution in [2.24, 2.45) is 0 Å². The predicted octanol–water partition coefficient (Wildman–Crippen LogP) is 1.37. The van der Waals surface area contributed by atoms with Crippen molar-refractivity contribution in [3.05, 3.63) is 24.4 Å². The molecular weight excluding hydrogens is 220 g/mol. The van der Waals surface area contributed by atoms with E-state index in [1.165, 1.54) is 6.08 Å². The van der Waals surface area contributed by atoms with Crippen molar-refractivity contribution in [3.63, 3.8) is 0 Å². The number of likely N-dealkylation sites (N-methyl/N-ethyl adjacent to an activating group) is 1. The molecule has 5 heteroatoms. The standard InChI is InChI=1S/C12H20N2O3/c1-6-7-9(13-5)10(15)8-14-11(16)17-12(2,3)4/h6-7,13H,1,8H2,2-5H3,(H,14,16)/b9-7-. The van der Waals surface area contributed by atoms with Crippen LogP contribution in [0.3, 0.4) is 0 Å². The van der Waals surface area contributed by atoms with Gasteiger partial charge in [-0.05, 0) is 26.8 Å². The Morgan fingerprint density at radius 1 is 1.35 bits per heavy atom. The van der Waals surface area contributed by atoms with Gasteiger partial charge in [0.1, 0.15) is 5.60 Å². The SMILES string of the molecule is C=C/C=C(\NC)C(=O)CNC(=O)OC(C)(C)C. The van der Waals surface area contributed by atoms with Crippen LogP contribution in [0.5, 0.6) is 0 Å².